The van der Waals surface area contributed by atoms with Gasteiger partial charge in [-0.25, -0.2) is 0 Å². The minimum absolute atomic E-state index is 0.0247. The summed E-state index contributed by atoms with van der Waals surface area (Å²) in [5.41, 5.74) is 4.19. The molecule has 114 valence electrons. The maximum Gasteiger partial charge on any atom is 0.253 e. The molecule has 0 unspecified atom stereocenters. The molecular weight excluding hydrogens is 342 g/mol. The third-order valence-electron chi connectivity index (χ3n) is 3.87. The van der Waals surface area contributed by atoms with Gasteiger partial charge in [-0.05, 0) is 48.2 Å². The van der Waals surface area contributed by atoms with E-state index in [-0.39, 0.29) is 5.91 Å². The van der Waals surface area contributed by atoms with Crippen LogP contribution in [0.4, 0.5) is 0 Å². The van der Waals surface area contributed by atoms with Crippen molar-refractivity contribution in [1.82, 2.24) is 15.6 Å². The van der Waals surface area contributed by atoms with E-state index in [1.165, 1.54) is 5.56 Å². The average Bonchev–Trinajstić information content (AvgIpc) is 2.56. The summed E-state index contributed by atoms with van der Waals surface area (Å²) in [6, 6.07) is 8.16. The molecule has 0 spiro atoms. The van der Waals surface area contributed by atoms with Crippen molar-refractivity contribution in [3.05, 3.63) is 63.4 Å². The van der Waals surface area contributed by atoms with E-state index >= 15 is 0 Å². The van der Waals surface area contributed by atoms with Crippen molar-refractivity contribution in [2.45, 2.75) is 19.4 Å². The maximum atomic E-state index is 12.4. The van der Waals surface area contributed by atoms with Crippen LogP contribution < -0.4 is 10.6 Å². The Morgan fingerprint density at radius 3 is 2.91 bits per heavy atom. The standard InChI is InChI=1S/C17H18BrN3O/c18-14-3-1-12(2-4-14)5-8-21-17(22)16-11-20-10-13-9-19-7-6-15(13)16/h1-4,10-11,19H,5-9H2,(H,21,22). The molecule has 2 N–H and O–H groups in total. The van der Waals surface area contributed by atoms with Gasteiger partial charge in [-0.3, -0.25) is 9.78 Å². The van der Waals surface area contributed by atoms with Crippen molar-refractivity contribution >= 4 is 21.8 Å². The molecule has 2 heterocycles. The summed E-state index contributed by atoms with van der Waals surface area (Å²) in [6.07, 6.45) is 5.23. The second-order valence-corrected chi connectivity index (χ2v) is 6.30. The lowest BCUT2D eigenvalue weighted by Crippen LogP contribution is -2.30. The Bertz CT molecular complexity index is 670. The van der Waals surface area contributed by atoms with E-state index in [1.54, 1.807) is 6.20 Å². The minimum Gasteiger partial charge on any atom is -0.352 e. The lowest BCUT2D eigenvalue weighted by molar-refractivity contribution is 0.0952. The largest absolute Gasteiger partial charge is 0.352 e. The van der Waals surface area contributed by atoms with Crippen LogP contribution in [-0.4, -0.2) is 24.0 Å². The zero-order valence-electron chi connectivity index (χ0n) is 12.2. The first-order valence-electron chi connectivity index (χ1n) is 7.43. The number of benzene rings is 1. The molecule has 1 aromatic heterocycles. The first kappa shape index (κ1) is 15.2. The lowest BCUT2D eigenvalue weighted by Gasteiger charge is -2.19. The molecule has 0 bridgehead atoms. The number of fused-ring (bicyclic) bond motifs is 1. The summed E-state index contributed by atoms with van der Waals surface area (Å²) in [5, 5.41) is 6.30. The summed E-state index contributed by atoms with van der Waals surface area (Å²) < 4.78 is 1.07. The molecule has 0 atom stereocenters. The second-order valence-electron chi connectivity index (χ2n) is 5.38. The Morgan fingerprint density at radius 1 is 1.27 bits per heavy atom. The number of hydrogen-bond donors (Lipinski definition) is 2. The Balaban J connectivity index is 1.61. The summed E-state index contributed by atoms with van der Waals surface area (Å²) in [6.45, 7) is 2.33. The topological polar surface area (TPSA) is 54.0 Å². The van der Waals surface area contributed by atoms with E-state index in [1.807, 2.05) is 18.3 Å². The Labute approximate surface area is 138 Å². The predicted molar refractivity (Wildman–Crippen MR) is 89.8 cm³/mol. The number of amides is 1. The molecule has 3 rings (SSSR count). The molecule has 22 heavy (non-hydrogen) atoms. The SMILES string of the molecule is O=C(NCCc1ccc(Br)cc1)c1cncc2c1CCNC2. The average molecular weight is 360 g/mol. The van der Waals surface area contributed by atoms with Crippen molar-refractivity contribution in [1.29, 1.82) is 0 Å². The van der Waals surface area contributed by atoms with Gasteiger partial charge in [-0.1, -0.05) is 28.1 Å². The third-order valence-corrected chi connectivity index (χ3v) is 4.40. The molecule has 1 aliphatic heterocycles. The first-order chi connectivity index (χ1) is 10.7. The van der Waals surface area contributed by atoms with E-state index in [2.05, 4.69) is 43.7 Å². The number of hydrogen-bond acceptors (Lipinski definition) is 3. The van der Waals surface area contributed by atoms with Crippen LogP contribution in [0.1, 0.15) is 27.0 Å². The fourth-order valence-electron chi connectivity index (χ4n) is 2.68. The van der Waals surface area contributed by atoms with Gasteiger partial charge in [0.05, 0.1) is 5.56 Å². The van der Waals surface area contributed by atoms with Crippen LogP contribution in [0.25, 0.3) is 0 Å². The van der Waals surface area contributed by atoms with E-state index in [0.717, 1.165) is 47.1 Å². The zero-order valence-corrected chi connectivity index (χ0v) is 13.8. The number of carbonyl (C=O) groups is 1. The summed E-state index contributed by atoms with van der Waals surface area (Å²) in [7, 11) is 0. The van der Waals surface area contributed by atoms with Gasteiger partial charge in [-0.2, -0.15) is 0 Å². The van der Waals surface area contributed by atoms with E-state index < -0.39 is 0 Å². The fourth-order valence-corrected chi connectivity index (χ4v) is 2.94. The molecule has 0 saturated heterocycles. The fraction of sp³-hybridized carbons (Fsp3) is 0.294. The highest BCUT2D eigenvalue weighted by Crippen LogP contribution is 2.17. The molecule has 2 aromatic rings. The highest BCUT2D eigenvalue weighted by Gasteiger charge is 2.17. The van der Waals surface area contributed by atoms with Gasteiger partial charge in [0.25, 0.3) is 5.91 Å². The third kappa shape index (κ3) is 3.54. The number of nitrogens with zero attached hydrogens (tertiary/aromatic N) is 1. The van der Waals surface area contributed by atoms with Gasteiger partial charge < -0.3 is 10.6 Å². The highest BCUT2D eigenvalue weighted by atomic mass is 79.9. The Morgan fingerprint density at radius 2 is 2.09 bits per heavy atom. The molecule has 5 heteroatoms. The number of halogens is 1. The Hall–Kier alpha value is -1.72. The summed E-state index contributed by atoms with van der Waals surface area (Å²) in [4.78, 5) is 16.6. The molecule has 0 saturated carbocycles. The van der Waals surface area contributed by atoms with Crippen LogP contribution in [0.2, 0.25) is 0 Å². The number of carbonyl (C=O) groups excluding carboxylic acids is 1. The molecule has 0 fully saturated rings. The number of pyridine rings is 1. The van der Waals surface area contributed by atoms with Crippen LogP contribution in [0, 0.1) is 0 Å². The molecular formula is C17H18BrN3O. The second kappa shape index (κ2) is 7.03. The maximum absolute atomic E-state index is 12.4. The Kier molecular flexibility index (Phi) is 4.85. The molecule has 1 amide bonds. The minimum atomic E-state index is -0.0247. The van der Waals surface area contributed by atoms with Gasteiger partial charge in [0, 0.05) is 30.0 Å². The molecule has 0 radical (unpaired) electrons. The lowest BCUT2D eigenvalue weighted by atomic mass is 9.98. The normalized spacial score (nSPS) is 13.5. The summed E-state index contributed by atoms with van der Waals surface area (Å²) in [5.74, 6) is -0.0247. The van der Waals surface area contributed by atoms with Crippen LogP contribution >= 0.6 is 15.9 Å². The predicted octanol–water partition coefficient (Wildman–Crippen LogP) is 2.46. The van der Waals surface area contributed by atoms with Crippen LogP contribution in [0.15, 0.2) is 41.1 Å². The number of nitrogens with one attached hydrogen (secondary N) is 2. The summed E-state index contributed by atoms with van der Waals surface area (Å²) >= 11 is 3.42. The van der Waals surface area contributed by atoms with E-state index in [9.17, 15) is 4.79 Å². The zero-order chi connectivity index (χ0) is 15.4. The smallest absolute Gasteiger partial charge is 0.253 e. The van der Waals surface area contributed by atoms with Crippen molar-refractivity contribution < 1.29 is 4.79 Å². The van der Waals surface area contributed by atoms with Gasteiger partial charge in [0.1, 0.15) is 0 Å². The van der Waals surface area contributed by atoms with Gasteiger partial charge >= 0.3 is 0 Å². The highest BCUT2D eigenvalue weighted by molar-refractivity contribution is 9.10. The van der Waals surface area contributed by atoms with Gasteiger partial charge in [0.15, 0.2) is 0 Å². The van der Waals surface area contributed by atoms with E-state index in [0.29, 0.717) is 6.54 Å². The quantitative estimate of drug-likeness (QED) is 0.881. The first-order valence-corrected chi connectivity index (χ1v) is 8.22. The van der Waals surface area contributed by atoms with Crippen molar-refractivity contribution in [2.75, 3.05) is 13.1 Å². The van der Waals surface area contributed by atoms with Crippen LogP contribution in [0.3, 0.4) is 0 Å². The van der Waals surface area contributed by atoms with Crippen LogP contribution in [0.5, 0.6) is 0 Å². The number of rotatable bonds is 4. The number of aromatic nitrogens is 1. The van der Waals surface area contributed by atoms with Crippen LogP contribution in [-0.2, 0) is 19.4 Å². The van der Waals surface area contributed by atoms with Crippen molar-refractivity contribution in [3.8, 4) is 0 Å². The molecule has 1 aromatic carbocycles. The monoisotopic (exact) mass is 359 g/mol. The van der Waals surface area contributed by atoms with Crippen molar-refractivity contribution in [2.24, 2.45) is 0 Å². The van der Waals surface area contributed by atoms with E-state index in [4.69, 9.17) is 0 Å². The molecule has 0 aliphatic carbocycles. The van der Waals surface area contributed by atoms with Crippen molar-refractivity contribution in [3.63, 3.8) is 0 Å². The van der Waals surface area contributed by atoms with Gasteiger partial charge in [-0.15, -0.1) is 0 Å². The van der Waals surface area contributed by atoms with Gasteiger partial charge in [0.2, 0.25) is 0 Å². The molecule has 1 aliphatic rings. The molecule has 4 nitrogen and oxygen atoms in total.